The molecule has 0 aromatic carbocycles. The number of aromatic nitrogens is 3. The normalized spacial score (nSPS) is 12.8. The second kappa shape index (κ2) is 9.47. The van der Waals surface area contributed by atoms with Crippen LogP contribution >= 0.6 is 0 Å². The fourth-order valence-electron chi connectivity index (χ4n) is 2.83. The van der Waals surface area contributed by atoms with Crippen molar-refractivity contribution in [3.8, 4) is 0 Å². The van der Waals surface area contributed by atoms with Gasteiger partial charge in [-0.05, 0) is 6.42 Å². The molecule has 6 nitrogen and oxygen atoms in total. The summed E-state index contributed by atoms with van der Waals surface area (Å²) < 4.78 is 0. The van der Waals surface area contributed by atoms with Crippen molar-refractivity contribution in [2.75, 3.05) is 12.3 Å². The Labute approximate surface area is 137 Å². The number of nitrogens with zero attached hydrogens (tertiary/aromatic N) is 2. The standard InChI is InChI=1S/C17H29N5O/c1-2-3-4-5-6-7-8-14(11-23)19-9-13-10-20-16-15(13)21-12-22-17(16)18/h10,12,14,19-20,23H,2-9,11H2,1H3,(H2,18,21,22). The van der Waals surface area contributed by atoms with Gasteiger partial charge in [0, 0.05) is 24.3 Å². The van der Waals surface area contributed by atoms with E-state index in [1.807, 2.05) is 6.20 Å². The van der Waals surface area contributed by atoms with Crippen molar-refractivity contribution in [3.05, 3.63) is 18.1 Å². The van der Waals surface area contributed by atoms with Crippen LogP contribution in [-0.4, -0.2) is 32.7 Å². The van der Waals surface area contributed by atoms with Gasteiger partial charge in [0.25, 0.3) is 0 Å². The Hall–Kier alpha value is -1.66. The highest BCUT2D eigenvalue weighted by atomic mass is 16.3. The maximum Gasteiger partial charge on any atom is 0.151 e. The third-order valence-corrected chi connectivity index (χ3v) is 4.28. The quantitative estimate of drug-likeness (QED) is 0.477. The number of aromatic amines is 1. The van der Waals surface area contributed by atoms with Gasteiger partial charge in [-0.2, -0.15) is 0 Å². The first-order valence-electron chi connectivity index (χ1n) is 8.67. The molecule has 1 atom stereocenters. The smallest absolute Gasteiger partial charge is 0.151 e. The first-order chi connectivity index (χ1) is 11.3. The molecule has 0 aliphatic rings. The summed E-state index contributed by atoms with van der Waals surface area (Å²) in [5.41, 5.74) is 8.50. The van der Waals surface area contributed by atoms with E-state index in [-0.39, 0.29) is 12.6 Å². The number of H-pyrrole nitrogens is 1. The zero-order valence-electron chi connectivity index (χ0n) is 14.0. The van der Waals surface area contributed by atoms with Gasteiger partial charge in [0.15, 0.2) is 5.82 Å². The number of hydrogen-bond donors (Lipinski definition) is 4. The Bertz CT molecular complexity index is 583. The van der Waals surface area contributed by atoms with E-state index < -0.39 is 0 Å². The maximum atomic E-state index is 9.54. The monoisotopic (exact) mass is 319 g/mol. The van der Waals surface area contributed by atoms with Gasteiger partial charge in [0.05, 0.1) is 12.1 Å². The van der Waals surface area contributed by atoms with Gasteiger partial charge in [0.1, 0.15) is 11.8 Å². The van der Waals surface area contributed by atoms with Crippen LogP contribution in [-0.2, 0) is 6.54 Å². The molecule has 1 unspecified atom stereocenters. The van der Waals surface area contributed by atoms with Crippen LogP contribution in [0.1, 0.15) is 57.4 Å². The summed E-state index contributed by atoms with van der Waals surface area (Å²) in [6.07, 6.45) is 12.0. The van der Waals surface area contributed by atoms with Crippen LogP contribution in [0.5, 0.6) is 0 Å². The highest BCUT2D eigenvalue weighted by Crippen LogP contribution is 2.19. The SMILES string of the molecule is CCCCCCCCC(CO)NCc1c[nH]c2c(N)ncnc12. The molecule has 2 rings (SSSR count). The van der Waals surface area contributed by atoms with E-state index in [9.17, 15) is 5.11 Å². The molecule has 2 aromatic heterocycles. The Morgan fingerprint density at radius 1 is 1.22 bits per heavy atom. The van der Waals surface area contributed by atoms with Crippen molar-refractivity contribution < 1.29 is 5.11 Å². The van der Waals surface area contributed by atoms with Crippen LogP contribution in [0.15, 0.2) is 12.5 Å². The summed E-state index contributed by atoms with van der Waals surface area (Å²) >= 11 is 0. The molecule has 128 valence electrons. The number of hydrogen-bond acceptors (Lipinski definition) is 5. The van der Waals surface area contributed by atoms with E-state index in [0.717, 1.165) is 29.4 Å². The lowest BCUT2D eigenvalue weighted by atomic mass is 10.1. The Balaban J connectivity index is 1.77. The lowest BCUT2D eigenvalue weighted by molar-refractivity contribution is 0.232. The van der Waals surface area contributed by atoms with E-state index in [1.54, 1.807) is 0 Å². The van der Waals surface area contributed by atoms with Gasteiger partial charge in [0.2, 0.25) is 0 Å². The number of aliphatic hydroxyl groups is 1. The molecule has 23 heavy (non-hydrogen) atoms. The summed E-state index contributed by atoms with van der Waals surface area (Å²) in [7, 11) is 0. The minimum Gasteiger partial charge on any atom is -0.395 e. The summed E-state index contributed by atoms with van der Waals surface area (Å²) in [5, 5.41) is 13.0. The van der Waals surface area contributed by atoms with Crippen LogP contribution in [0.4, 0.5) is 5.82 Å². The third kappa shape index (κ3) is 5.18. The molecule has 0 spiro atoms. The molecule has 0 saturated carbocycles. The molecule has 0 fully saturated rings. The number of rotatable bonds is 11. The van der Waals surface area contributed by atoms with Crippen LogP contribution in [0.3, 0.4) is 0 Å². The first kappa shape index (κ1) is 17.7. The fraction of sp³-hybridized carbons (Fsp3) is 0.647. The maximum absolute atomic E-state index is 9.54. The van der Waals surface area contributed by atoms with E-state index in [0.29, 0.717) is 12.4 Å². The number of nitrogens with two attached hydrogens (primary N) is 1. The van der Waals surface area contributed by atoms with Gasteiger partial charge in [-0.25, -0.2) is 9.97 Å². The molecule has 0 bridgehead atoms. The fourth-order valence-corrected chi connectivity index (χ4v) is 2.83. The summed E-state index contributed by atoms with van der Waals surface area (Å²) in [4.78, 5) is 11.4. The molecule has 2 heterocycles. The predicted octanol–water partition coefficient (Wildman–Crippen LogP) is 2.74. The van der Waals surface area contributed by atoms with E-state index >= 15 is 0 Å². The number of aliphatic hydroxyl groups excluding tert-OH is 1. The molecule has 0 radical (unpaired) electrons. The first-order valence-corrected chi connectivity index (χ1v) is 8.67. The molecular formula is C17H29N5O. The van der Waals surface area contributed by atoms with E-state index in [4.69, 9.17) is 5.73 Å². The predicted molar refractivity (Wildman–Crippen MR) is 94.0 cm³/mol. The third-order valence-electron chi connectivity index (χ3n) is 4.28. The van der Waals surface area contributed by atoms with Crippen LogP contribution in [0.2, 0.25) is 0 Å². The minimum absolute atomic E-state index is 0.130. The lowest BCUT2D eigenvalue weighted by Gasteiger charge is -2.15. The van der Waals surface area contributed by atoms with Gasteiger partial charge in [-0.15, -0.1) is 0 Å². The van der Waals surface area contributed by atoms with Crippen LogP contribution in [0, 0.1) is 0 Å². The molecule has 0 amide bonds. The number of unbranched alkanes of at least 4 members (excludes halogenated alkanes) is 5. The Kier molecular flexibility index (Phi) is 7.29. The highest BCUT2D eigenvalue weighted by molar-refractivity contribution is 5.86. The summed E-state index contributed by atoms with van der Waals surface area (Å²) in [6, 6.07) is 0.130. The number of nitrogens with one attached hydrogen (secondary N) is 2. The topological polar surface area (TPSA) is 99.8 Å². The lowest BCUT2D eigenvalue weighted by Crippen LogP contribution is -2.31. The number of fused-ring (bicyclic) bond motifs is 1. The van der Waals surface area contributed by atoms with Crippen molar-refractivity contribution in [2.24, 2.45) is 0 Å². The molecule has 0 aliphatic heterocycles. The van der Waals surface area contributed by atoms with Crippen molar-refractivity contribution >= 4 is 16.9 Å². The second-order valence-electron chi connectivity index (χ2n) is 6.11. The largest absolute Gasteiger partial charge is 0.395 e. The molecule has 6 heteroatoms. The molecule has 0 saturated heterocycles. The van der Waals surface area contributed by atoms with E-state index in [1.165, 1.54) is 38.4 Å². The molecule has 2 aromatic rings. The average molecular weight is 319 g/mol. The van der Waals surface area contributed by atoms with Crippen LogP contribution < -0.4 is 11.1 Å². The van der Waals surface area contributed by atoms with Crippen molar-refractivity contribution in [1.29, 1.82) is 0 Å². The number of anilines is 1. The second-order valence-corrected chi connectivity index (χ2v) is 6.11. The van der Waals surface area contributed by atoms with Crippen molar-refractivity contribution in [1.82, 2.24) is 20.3 Å². The van der Waals surface area contributed by atoms with Gasteiger partial charge >= 0.3 is 0 Å². The Morgan fingerprint density at radius 3 is 2.78 bits per heavy atom. The number of nitrogen functional groups attached to an aromatic ring is 1. The van der Waals surface area contributed by atoms with Crippen molar-refractivity contribution in [3.63, 3.8) is 0 Å². The molecule has 5 N–H and O–H groups in total. The average Bonchev–Trinajstić information content (AvgIpc) is 2.98. The van der Waals surface area contributed by atoms with E-state index in [2.05, 4.69) is 27.2 Å². The summed E-state index contributed by atoms with van der Waals surface area (Å²) in [5.74, 6) is 0.465. The molecular weight excluding hydrogens is 290 g/mol. The highest BCUT2D eigenvalue weighted by Gasteiger charge is 2.11. The zero-order chi connectivity index (χ0) is 16.5. The minimum atomic E-state index is 0.130. The van der Waals surface area contributed by atoms with Gasteiger partial charge in [-0.3, -0.25) is 0 Å². The van der Waals surface area contributed by atoms with Gasteiger partial charge < -0.3 is 21.1 Å². The zero-order valence-corrected chi connectivity index (χ0v) is 14.0. The van der Waals surface area contributed by atoms with Crippen LogP contribution in [0.25, 0.3) is 11.0 Å². The summed E-state index contributed by atoms with van der Waals surface area (Å²) in [6.45, 7) is 3.06. The van der Waals surface area contributed by atoms with Gasteiger partial charge in [-0.1, -0.05) is 45.4 Å². The molecule has 0 aliphatic carbocycles. The Morgan fingerprint density at radius 2 is 2.00 bits per heavy atom. The van der Waals surface area contributed by atoms with Crippen molar-refractivity contribution in [2.45, 2.75) is 64.5 Å².